The van der Waals surface area contributed by atoms with Crippen LogP contribution in [0.3, 0.4) is 0 Å². The molecular formula is C15H16N4O2. The lowest BCUT2D eigenvalue weighted by atomic mass is 10.1. The maximum absolute atomic E-state index is 11.2. The van der Waals surface area contributed by atoms with E-state index in [1.54, 1.807) is 24.3 Å². The lowest BCUT2D eigenvalue weighted by Gasteiger charge is -2.24. The van der Waals surface area contributed by atoms with E-state index in [9.17, 15) is 10.1 Å². The molecule has 6 heteroatoms. The van der Waals surface area contributed by atoms with Crippen LogP contribution in [0.5, 0.6) is 0 Å². The molecule has 2 aromatic rings. The van der Waals surface area contributed by atoms with Gasteiger partial charge in [-0.15, -0.1) is 13.2 Å². The standard InChI is InChI=1S/C15H16N4O2/c1-3-9-18(10-4-2)14-11-7-5-6-8-12(11)17-15(13(14)16)19(20)21/h3-8H,1-2,9-10,16H2. The van der Waals surface area contributed by atoms with Gasteiger partial charge in [-0.25, -0.2) is 0 Å². The first-order chi connectivity index (χ1) is 10.1. The number of nitro groups is 1. The summed E-state index contributed by atoms with van der Waals surface area (Å²) in [7, 11) is 0. The van der Waals surface area contributed by atoms with E-state index < -0.39 is 4.92 Å². The number of hydrogen-bond donors (Lipinski definition) is 1. The highest BCUT2D eigenvalue weighted by Crippen LogP contribution is 2.37. The Hall–Kier alpha value is -2.89. The fraction of sp³-hybridized carbons (Fsp3) is 0.133. The summed E-state index contributed by atoms with van der Waals surface area (Å²) in [5.41, 5.74) is 7.18. The first kappa shape index (κ1) is 14.5. The second-order valence-corrected chi connectivity index (χ2v) is 4.45. The largest absolute Gasteiger partial charge is 0.390 e. The second kappa shape index (κ2) is 6.04. The predicted octanol–water partition coefficient (Wildman–Crippen LogP) is 2.90. The Morgan fingerprint density at radius 2 is 1.90 bits per heavy atom. The summed E-state index contributed by atoms with van der Waals surface area (Å²) in [4.78, 5) is 16.5. The highest BCUT2D eigenvalue weighted by atomic mass is 16.6. The van der Waals surface area contributed by atoms with Gasteiger partial charge in [0.05, 0.1) is 11.1 Å². The Morgan fingerprint density at radius 3 is 2.48 bits per heavy atom. The zero-order chi connectivity index (χ0) is 15.4. The van der Waals surface area contributed by atoms with E-state index in [1.165, 1.54) is 0 Å². The number of para-hydroxylation sites is 1. The lowest BCUT2D eigenvalue weighted by molar-refractivity contribution is -0.388. The molecule has 2 N–H and O–H groups in total. The molecule has 21 heavy (non-hydrogen) atoms. The van der Waals surface area contributed by atoms with E-state index in [0.29, 0.717) is 24.3 Å². The summed E-state index contributed by atoms with van der Waals surface area (Å²) in [6.07, 6.45) is 3.42. The molecule has 0 bridgehead atoms. The fourth-order valence-electron chi connectivity index (χ4n) is 2.25. The predicted molar refractivity (Wildman–Crippen MR) is 85.4 cm³/mol. The Morgan fingerprint density at radius 1 is 1.29 bits per heavy atom. The minimum Gasteiger partial charge on any atom is -0.390 e. The quantitative estimate of drug-likeness (QED) is 0.501. The van der Waals surface area contributed by atoms with Crippen molar-refractivity contribution in [2.24, 2.45) is 0 Å². The fourth-order valence-corrected chi connectivity index (χ4v) is 2.25. The topological polar surface area (TPSA) is 85.3 Å². The van der Waals surface area contributed by atoms with Gasteiger partial charge < -0.3 is 20.7 Å². The SMILES string of the molecule is C=CCN(CC=C)c1c(N)c([N+](=O)[O-])nc2ccccc12. The van der Waals surface area contributed by atoms with Gasteiger partial charge in [0.2, 0.25) is 0 Å². The summed E-state index contributed by atoms with van der Waals surface area (Å²) >= 11 is 0. The molecule has 0 saturated carbocycles. The van der Waals surface area contributed by atoms with Crippen LogP contribution in [0.4, 0.5) is 17.2 Å². The van der Waals surface area contributed by atoms with Crippen molar-refractivity contribution in [3.63, 3.8) is 0 Å². The van der Waals surface area contributed by atoms with E-state index in [4.69, 9.17) is 5.73 Å². The smallest absolute Gasteiger partial charge is 0.389 e. The van der Waals surface area contributed by atoms with Crippen LogP contribution in [0.2, 0.25) is 0 Å². The van der Waals surface area contributed by atoms with Gasteiger partial charge in [-0.3, -0.25) is 0 Å². The van der Waals surface area contributed by atoms with Gasteiger partial charge >= 0.3 is 5.82 Å². The maximum Gasteiger partial charge on any atom is 0.389 e. The van der Waals surface area contributed by atoms with Crippen molar-refractivity contribution in [3.8, 4) is 0 Å². The summed E-state index contributed by atoms with van der Waals surface area (Å²) in [5.74, 6) is -0.332. The molecule has 0 fully saturated rings. The van der Waals surface area contributed by atoms with E-state index in [1.807, 2.05) is 17.0 Å². The van der Waals surface area contributed by atoms with E-state index in [2.05, 4.69) is 18.1 Å². The zero-order valence-corrected chi connectivity index (χ0v) is 11.5. The maximum atomic E-state index is 11.2. The van der Waals surface area contributed by atoms with E-state index in [0.717, 1.165) is 5.39 Å². The molecule has 0 amide bonds. The highest BCUT2D eigenvalue weighted by Gasteiger charge is 2.24. The molecule has 2 rings (SSSR count). The van der Waals surface area contributed by atoms with Crippen molar-refractivity contribution in [2.45, 2.75) is 0 Å². The van der Waals surface area contributed by atoms with Gasteiger partial charge in [0.1, 0.15) is 0 Å². The molecule has 0 radical (unpaired) electrons. The van der Waals surface area contributed by atoms with Crippen LogP contribution in [-0.2, 0) is 0 Å². The molecule has 1 aromatic carbocycles. The molecule has 0 atom stereocenters. The molecule has 0 spiro atoms. The monoisotopic (exact) mass is 284 g/mol. The van der Waals surface area contributed by atoms with Crippen LogP contribution in [-0.4, -0.2) is 23.0 Å². The summed E-state index contributed by atoms with van der Waals surface area (Å²) in [5, 5.41) is 11.9. The average molecular weight is 284 g/mol. The number of pyridine rings is 1. The first-order valence-corrected chi connectivity index (χ1v) is 6.39. The molecule has 1 aromatic heterocycles. The second-order valence-electron chi connectivity index (χ2n) is 4.45. The summed E-state index contributed by atoms with van der Waals surface area (Å²) in [6.45, 7) is 8.42. The average Bonchev–Trinajstić information content (AvgIpc) is 2.46. The Kier molecular flexibility index (Phi) is 4.18. The van der Waals surface area contributed by atoms with Gasteiger partial charge in [-0.2, -0.15) is 0 Å². The van der Waals surface area contributed by atoms with Gasteiger partial charge in [-0.1, -0.05) is 24.3 Å². The third-order valence-electron chi connectivity index (χ3n) is 3.07. The third kappa shape index (κ3) is 2.69. The summed E-state index contributed by atoms with van der Waals surface area (Å²) < 4.78 is 0. The first-order valence-electron chi connectivity index (χ1n) is 6.39. The summed E-state index contributed by atoms with van der Waals surface area (Å²) in [6, 6.07) is 7.20. The number of anilines is 2. The molecule has 0 aliphatic heterocycles. The zero-order valence-electron chi connectivity index (χ0n) is 11.5. The molecule has 0 saturated heterocycles. The molecule has 0 aliphatic rings. The third-order valence-corrected chi connectivity index (χ3v) is 3.07. The number of aromatic nitrogens is 1. The normalized spacial score (nSPS) is 10.3. The highest BCUT2D eigenvalue weighted by molar-refractivity contribution is 6.00. The van der Waals surface area contributed by atoms with Crippen molar-refractivity contribution >= 4 is 28.1 Å². The van der Waals surface area contributed by atoms with Gasteiger partial charge in [0.15, 0.2) is 11.2 Å². The molecule has 6 nitrogen and oxygen atoms in total. The van der Waals surface area contributed by atoms with Crippen molar-refractivity contribution in [1.29, 1.82) is 0 Å². The number of nitrogen functional groups attached to an aromatic ring is 1. The lowest BCUT2D eigenvalue weighted by Crippen LogP contribution is -2.25. The van der Waals surface area contributed by atoms with Crippen LogP contribution in [0.1, 0.15) is 0 Å². The number of benzene rings is 1. The van der Waals surface area contributed by atoms with Crippen LogP contribution in [0, 0.1) is 10.1 Å². The van der Waals surface area contributed by atoms with E-state index >= 15 is 0 Å². The Bertz CT molecular complexity index is 702. The minimum atomic E-state index is -0.564. The Balaban J connectivity index is 2.79. The van der Waals surface area contributed by atoms with E-state index in [-0.39, 0.29) is 11.5 Å². The number of nitrogens with two attached hydrogens (primary N) is 1. The molecule has 108 valence electrons. The van der Waals surface area contributed by atoms with Gasteiger partial charge in [0, 0.05) is 13.1 Å². The number of fused-ring (bicyclic) bond motifs is 1. The van der Waals surface area contributed by atoms with Crippen molar-refractivity contribution in [1.82, 2.24) is 4.98 Å². The van der Waals surface area contributed by atoms with Crippen molar-refractivity contribution in [2.75, 3.05) is 23.7 Å². The van der Waals surface area contributed by atoms with Gasteiger partial charge in [0.25, 0.3) is 0 Å². The Labute approximate surface area is 122 Å². The van der Waals surface area contributed by atoms with Crippen LogP contribution < -0.4 is 10.6 Å². The number of hydrogen-bond acceptors (Lipinski definition) is 5. The number of nitrogens with zero attached hydrogens (tertiary/aromatic N) is 3. The molecule has 1 heterocycles. The molecule has 0 aliphatic carbocycles. The molecule has 0 unspecified atom stereocenters. The van der Waals surface area contributed by atoms with Crippen molar-refractivity contribution < 1.29 is 4.92 Å². The van der Waals surface area contributed by atoms with Crippen molar-refractivity contribution in [3.05, 3.63) is 59.7 Å². The van der Waals surface area contributed by atoms with Crippen LogP contribution >= 0.6 is 0 Å². The number of rotatable bonds is 6. The minimum absolute atomic E-state index is 0.0578. The van der Waals surface area contributed by atoms with Crippen LogP contribution in [0.25, 0.3) is 10.9 Å². The molecular weight excluding hydrogens is 268 g/mol. The van der Waals surface area contributed by atoms with Crippen LogP contribution in [0.15, 0.2) is 49.6 Å². The van der Waals surface area contributed by atoms with Gasteiger partial charge in [-0.05, 0) is 22.0 Å².